The second-order valence-electron chi connectivity index (χ2n) is 3.29. The molecule has 0 radical (unpaired) electrons. The molecule has 0 bridgehead atoms. The zero-order chi connectivity index (χ0) is 9.68. The van der Waals surface area contributed by atoms with Gasteiger partial charge in [0.1, 0.15) is 0 Å². The highest BCUT2D eigenvalue weighted by molar-refractivity contribution is 5.09. The van der Waals surface area contributed by atoms with Crippen molar-refractivity contribution in [2.24, 2.45) is 5.73 Å². The van der Waals surface area contributed by atoms with E-state index in [2.05, 4.69) is 17.2 Å². The van der Waals surface area contributed by atoms with Crippen molar-refractivity contribution in [1.29, 1.82) is 0 Å². The van der Waals surface area contributed by atoms with Gasteiger partial charge in [0.05, 0.1) is 5.69 Å². The van der Waals surface area contributed by atoms with Crippen LogP contribution >= 0.6 is 0 Å². The molecule has 0 aliphatic carbocycles. The smallest absolute Gasteiger partial charge is 0.0544 e. The fraction of sp³-hybridized carbons (Fsp3) is 0.500. The summed E-state index contributed by atoms with van der Waals surface area (Å²) in [6, 6.07) is 6.38. The second-order valence-corrected chi connectivity index (χ2v) is 3.29. The van der Waals surface area contributed by atoms with Gasteiger partial charge in [-0.2, -0.15) is 0 Å². The first-order valence-corrected chi connectivity index (χ1v) is 4.58. The highest BCUT2D eigenvalue weighted by atomic mass is 14.9. The minimum atomic E-state index is 0.349. The van der Waals surface area contributed by atoms with Gasteiger partial charge < -0.3 is 11.1 Å². The standard InChI is InChI=1S/C10H17N3/c1-8-4-3-5-10(13-8)7-12-9(2)6-11/h3-5,9,12H,6-7,11H2,1-2H3/t9-/m0/s1. The lowest BCUT2D eigenvalue weighted by atomic mass is 10.3. The maximum atomic E-state index is 5.48. The Morgan fingerprint density at radius 2 is 2.31 bits per heavy atom. The van der Waals surface area contributed by atoms with Crippen molar-refractivity contribution in [3.8, 4) is 0 Å². The first-order chi connectivity index (χ1) is 6.22. The molecule has 0 aliphatic rings. The zero-order valence-electron chi connectivity index (χ0n) is 8.25. The van der Waals surface area contributed by atoms with Gasteiger partial charge in [0.15, 0.2) is 0 Å². The van der Waals surface area contributed by atoms with Crippen LogP contribution in [0.4, 0.5) is 0 Å². The molecule has 3 heteroatoms. The summed E-state index contributed by atoms with van der Waals surface area (Å²) < 4.78 is 0. The van der Waals surface area contributed by atoms with Crippen LogP contribution in [0, 0.1) is 6.92 Å². The predicted molar refractivity (Wildman–Crippen MR) is 54.3 cm³/mol. The van der Waals surface area contributed by atoms with E-state index in [-0.39, 0.29) is 0 Å². The van der Waals surface area contributed by atoms with E-state index < -0.39 is 0 Å². The molecule has 0 amide bonds. The van der Waals surface area contributed by atoms with Crippen LogP contribution in [0.5, 0.6) is 0 Å². The minimum absolute atomic E-state index is 0.349. The highest BCUT2D eigenvalue weighted by Gasteiger charge is 1.98. The van der Waals surface area contributed by atoms with Gasteiger partial charge in [0, 0.05) is 24.8 Å². The lowest BCUT2D eigenvalue weighted by Gasteiger charge is -2.10. The Morgan fingerprint density at radius 3 is 2.92 bits per heavy atom. The van der Waals surface area contributed by atoms with Crippen molar-refractivity contribution in [3.63, 3.8) is 0 Å². The summed E-state index contributed by atoms with van der Waals surface area (Å²) in [7, 11) is 0. The Labute approximate surface area is 79.4 Å². The Balaban J connectivity index is 2.45. The van der Waals surface area contributed by atoms with Gasteiger partial charge in [-0.3, -0.25) is 4.98 Å². The van der Waals surface area contributed by atoms with Crippen LogP contribution in [-0.2, 0) is 6.54 Å². The maximum absolute atomic E-state index is 5.48. The van der Waals surface area contributed by atoms with Crippen LogP contribution in [0.3, 0.4) is 0 Å². The van der Waals surface area contributed by atoms with Crippen LogP contribution in [0.2, 0.25) is 0 Å². The molecule has 0 aliphatic heterocycles. The van der Waals surface area contributed by atoms with Crippen LogP contribution in [-0.4, -0.2) is 17.6 Å². The fourth-order valence-corrected chi connectivity index (χ4v) is 1.06. The van der Waals surface area contributed by atoms with Crippen LogP contribution in [0.25, 0.3) is 0 Å². The molecule has 0 unspecified atom stereocenters. The number of aryl methyl sites for hydroxylation is 1. The van der Waals surface area contributed by atoms with Gasteiger partial charge in [-0.25, -0.2) is 0 Å². The first-order valence-electron chi connectivity index (χ1n) is 4.58. The van der Waals surface area contributed by atoms with E-state index in [1.54, 1.807) is 0 Å². The number of nitrogens with one attached hydrogen (secondary N) is 1. The number of aromatic nitrogens is 1. The number of hydrogen-bond donors (Lipinski definition) is 2. The molecule has 13 heavy (non-hydrogen) atoms. The fourth-order valence-electron chi connectivity index (χ4n) is 1.06. The summed E-state index contributed by atoms with van der Waals surface area (Å²) in [6.07, 6.45) is 0. The summed E-state index contributed by atoms with van der Waals surface area (Å²) in [5.41, 5.74) is 7.61. The molecule has 0 saturated carbocycles. The van der Waals surface area contributed by atoms with Gasteiger partial charge in [0.25, 0.3) is 0 Å². The molecule has 0 aromatic carbocycles. The van der Waals surface area contributed by atoms with Gasteiger partial charge in [-0.05, 0) is 26.0 Å². The summed E-state index contributed by atoms with van der Waals surface area (Å²) >= 11 is 0. The van der Waals surface area contributed by atoms with Crippen molar-refractivity contribution in [3.05, 3.63) is 29.6 Å². The Morgan fingerprint density at radius 1 is 1.54 bits per heavy atom. The third-order valence-corrected chi connectivity index (χ3v) is 1.93. The van der Waals surface area contributed by atoms with Gasteiger partial charge in [-0.1, -0.05) is 6.07 Å². The van der Waals surface area contributed by atoms with Crippen molar-refractivity contribution < 1.29 is 0 Å². The SMILES string of the molecule is Cc1cccc(CN[C@@H](C)CN)n1. The molecule has 1 aromatic rings. The van der Waals surface area contributed by atoms with E-state index in [9.17, 15) is 0 Å². The number of hydrogen-bond acceptors (Lipinski definition) is 3. The predicted octanol–water partition coefficient (Wildman–Crippen LogP) is 0.827. The van der Waals surface area contributed by atoms with Gasteiger partial charge in [-0.15, -0.1) is 0 Å². The lowest BCUT2D eigenvalue weighted by molar-refractivity contribution is 0.550. The van der Waals surface area contributed by atoms with Crippen LogP contribution < -0.4 is 11.1 Å². The van der Waals surface area contributed by atoms with Crippen LogP contribution in [0.1, 0.15) is 18.3 Å². The Hall–Kier alpha value is -0.930. The average molecular weight is 179 g/mol. The number of nitrogens with zero attached hydrogens (tertiary/aromatic N) is 1. The van der Waals surface area contributed by atoms with Gasteiger partial charge >= 0.3 is 0 Å². The Bertz CT molecular complexity index is 260. The monoisotopic (exact) mass is 179 g/mol. The van der Waals surface area contributed by atoms with E-state index in [1.165, 1.54) is 0 Å². The molecular weight excluding hydrogens is 162 g/mol. The third-order valence-electron chi connectivity index (χ3n) is 1.93. The molecule has 3 N–H and O–H groups in total. The van der Waals surface area contributed by atoms with Crippen molar-refractivity contribution in [2.75, 3.05) is 6.54 Å². The van der Waals surface area contributed by atoms with Crippen molar-refractivity contribution in [2.45, 2.75) is 26.4 Å². The Kier molecular flexibility index (Phi) is 3.86. The van der Waals surface area contributed by atoms with E-state index >= 15 is 0 Å². The molecule has 1 rings (SSSR count). The quantitative estimate of drug-likeness (QED) is 0.719. The van der Waals surface area contributed by atoms with E-state index in [4.69, 9.17) is 5.73 Å². The summed E-state index contributed by atoms with van der Waals surface area (Å²) in [5, 5.41) is 3.29. The van der Waals surface area contributed by atoms with E-state index in [0.29, 0.717) is 12.6 Å². The van der Waals surface area contributed by atoms with Gasteiger partial charge in [0.2, 0.25) is 0 Å². The molecule has 0 fully saturated rings. The molecule has 72 valence electrons. The normalized spacial score (nSPS) is 12.8. The molecule has 1 aromatic heterocycles. The number of rotatable bonds is 4. The zero-order valence-corrected chi connectivity index (χ0v) is 8.25. The van der Waals surface area contributed by atoms with E-state index in [0.717, 1.165) is 17.9 Å². The second kappa shape index (κ2) is 4.94. The summed E-state index contributed by atoms with van der Waals surface area (Å²) in [5.74, 6) is 0. The molecule has 0 spiro atoms. The minimum Gasteiger partial charge on any atom is -0.329 e. The molecule has 3 nitrogen and oxygen atoms in total. The topological polar surface area (TPSA) is 50.9 Å². The first kappa shape index (κ1) is 10.2. The largest absolute Gasteiger partial charge is 0.329 e. The van der Waals surface area contributed by atoms with Crippen molar-refractivity contribution >= 4 is 0 Å². The summed E-state index contributed by atoms with van der Waals surface area (Å²) in [6.45, 7) is 5.51. The summed E-state index contributed by atoms with van der Waals surface area (Å²) in [4.78, 5) is 4.38. The van der Waals surface area contributed by atoms with Crippen molar-refractivity contribution in [1.82, 2.24) is 10.3 Å². The van der Waals surface area contributed by atoms with E-state index in [1.807, 2.05) is 25.1 Å². The lowest BCUT2D eigenvalue weighted by Crippen LogP contribution is -2.32. The number of nitrogens with two attached hydrogens (primary N) is 1. The number of pyridine rings is 1. The third kappa shape index (κ3) is 3.53. The van der Waals surface area contributed by atoms with Crippen LogP contribution in [0.15, 0.2) is 18.2 Å². The molecule has 0 saturated heterocycles. The highest BCUT2D eigenvalue weighted by Crippen LogP contribution is 1.97. The molecular formula is C10H17N3. The molecule has 1 heterocycles. The maximum Gasteiger partial charge on any atom is 0.0544 e. The molecule has 1 atom stereocenters. The average Bonchev–Trinajstić information content (AvgIpc) is 2.14.